The SMILES string of the molecule is C=C1COC(CNC2CC(C)(C)CC(C)(CNC(=O)OC3CCC(C)CC3)C2)O1. The largest absolute Gasteiger partial charge is 0.466 e. The number of ether oxygens (including phenoxy) is 3. The standard InChI is InChI=1S/C23H40N2O4/c1-16-6-8-19(9-7-16)29-21(26)25-15-23(5)11-18(10-22(3,4)14-23)24-12-20-27-13-17(2)28-20/h16,18-20,24H,2,6-15H2,1,3-5H3,(H,25,26). The van der Waals surface area contributed by atoms with Gasteiger partial charge in [0, 0.05) is 12.6 Å². The fraction of sp³-hybridized carbons (Fsp3) is 0.870. The quantitative estimate of drug-likeness (QED) is 0.684. The molecule has 1 saturated heterocycles. The van der Waals surface area contributed by atoms with Crippen LogP contribution in [0, 0.1) is 16.7 Å². The Morgan fingerprint density at radius 1 is 1.21 bits per heavy atom. The molecule has 1 heterocycles. The lowest BCUT2D eigenvalue weighted by molar-refractivity contribution is -0.0356. The normalized spacial score (nSPS) is 37.0. The molecule has 6 heteroatoms. The zero-order chi connectivity index (χ0) is 21.1. The minimum atomic E-state index is -0.259. The highest BCUT2D eigenvalue weighted by atomic mass is 16.7. The molecule has 1 amide bonds. The Hall–Kier alpha value is -1.27. The van der Waals surface area contributed by atoms with Crippen LogP contribution in [0.3, 0.4) is 0 Å². The minimum absolute atomic E-state index is 0.0283. The fourth-order valence-corrected chi connectivity index (χ4v) is 5.54. The summed E-state index contributed by atoms with van der Waals surface area (Å²) >= 11 is 0. The van der Waals surface area contributed by atoms with Crippen molar-refractivity contribution in [3.63, 3.8) is 0 Å². The number of amides is 1. The van der Waals surface area contributed by atoms with Gasteiger partial charge in [-0.3, -0.25) is 0 Å². The molecule has 3 fully saturated rings. The molecule has 166 valence electrons. The highest BCUT2D eigenvalue weighted by molar-refractivity contribution is 5.67. The molecule has 3 rings (SSSR count). The first-order valence-corrected chi connectivity index (χ1v) is 11.3. The van der Waals surface area contributed by atoms with Gasteiger partial charge in [0.15, 0.2) is 0 Å². The van der Waals surface area contributed by atoms with Gasteiger partial charge >= 0.3 is 6.09 Å². The highest BCUT2D eigenvalue weighted by Crippen LogP contribution is 2.45. The Kier molecular flexibility index (Phi) is 7.15. The number of hydrogen-bond donors (Lipinski definition) is 2. The van der Waals surface area contributed by atoms with E-state index < -0.39 is 0 Å². The Labute approximate surface area is 176 Å². The molecule has 29 heavy (non-hydrogen) atoms. The van der Waals surface area contributed by atoms with E-state index in [1.807, 2.05) is 0 Å². The number of alkyl carbamates (subject to hydrolysis) is 1. The van der Waals surface area contributed by atoms with E-state index in [0.717, 1.165) is 50.9 Å². The first kappa shape index (κ1) is 22.4. The number of carbonyl (C=O) groups is 1. The Morgan fingerprint density at radius 3 is 2.59 bits per heavy atom. The van der Waals surface area contributed by atoms with E-state index in [-0.39, 0.29) is 29.3 Å². The van der Waals surface area contributed by atoms with Crippen molar-refractivity contribution in [3.05, 3.63) is 12.3 Å². The third-order valence-electron chi connectivity index (χ3n) is 6.64. The Bertz CT molecular complexity index is 585. The van der Waals surface area contributed by atoms with Crippen LogP contribution in [0.2, 0.25) is 0 Å². The predicted molar refractivity (Wildman–Crippen MR) is 113 cm³/mol. The van der Waals surface area contributed by atoms with Crippen LogP contribution in [0.1, 0.15) is 72.6 Å². The molecule has 6 nitrogen and oxygen atoms in total. The van der Waals surface area contributed by atoms with E-state index in [2.05, 4.69) is 44.9 Å². The second-order valence-electron chi connectivity index (χ2n) is 10.7. The summed E-state index contributed by atoms with van der Waals surface area (Å²) in [5, 5.41) is 6.68. The first-order valence-electron chi connectivity index (χ1n) is 11.3. The van der Waals surface area contributed by atoms with E-state index >= 15 is 0 Å². The van der Waals surface area contributed by atoms with Crippen LogP contribution in [-0.2, 0) is 14.2 Å². The molecule has 2 saturated carbocycles. The second-order valence-corrected chi connectivity index (χ2v) is 10.7. The van der Waals surface area contributed by atoms with Gasteiger partial charge in [0.1, 0.15) is 18.5 Å². The van der Waals surface area contributed by atoms with Crippen molar-refractivity contribution in [2.24, 2.45) is 16.7 Å². The van der Waals surface area contributed by atoms with Crippen molar-refractivity contribution in [2.75, 3.05) is 19.7 Å². The van der Waals surface area contributed by atoms with Crippen LogP contribution in [0.25, 0.3) is 0 Å². The van der Waals surface area contributed by atoms with Crippen molar-refractivity contribution in [2.45, 2.75) is 91.1 Å². The molecule has 0 aromatic heterocycles. The smallest absolute Gasteiger partial charge is 0.407 e. The maximum Gasteiger partial charge on any atom is 0.407 e. The molecule has 0 radical (unpaired) electrons. The molecule has 0 spiro atoms. The molecule has 3 unspecified atom stereocenters. The van der Waals surface area contributed by atoms with E-state index in [0.29, 0.717) is 31.5 Å². The highest BCUT2D eigenvalue weighted by Gasteiger charge is 2.41. The molecule has 2 aliphatic carbocycles. The van der Waals surface area contributed by atoms with Gasteiger partial charge in [-0.05, 0) is 61.7 Å². The van der Waals surface area contributed by atoms with Gasteiger partial charge in [-0.1, -0.05) is 34.3 Å². The zero-order valence-electron chi connectivity index (χ0n) is 18.7. The zero-order valence-corrected chi connectivity index (χ0v) is 18.7. The van der Waals surface area contributed by atoms with Crippen molar-refractivity contribution in [3.8, 4) is 0 Å². The van der Waals surface area contributed by atoms with Crippen molar-refractivity contribution >= 4 is 6.09 Å². The van der Waals surface area contributed by atoms with Gasteiger partial charge in [0.05, 0.1) is 6.54 Å². The van der Waals surface area contributed by atoms with Crippen LogP contribution in [0.5, 0.6) is 0 Å². The van der Waals surface area contributed by atoms with Crippen molar-refractivity contribution in [1.82, 2.24) is 10.6 Å². The monoisotopic (exact) mass is 408 g/mol. The maximum atomic E-state index is 12.4. The lowest BCUT2D eigenvalue weighted by atomic mass is 9.62. The average molecular weight is 409 g/mol. The lowest BCUT2D eigenvalue weighted by Gasteiger charge is -2.47. The van der Waals surface area contributed by atoms with E-state index in [4.69, 9.17) is 14.2 Å². The lowest BCUT2D eigenvalue weighted by Crippen LogP contribution is -2.50. The molecule has 3 aliphatic rings. The summed E-state index contributed by atoms with van der Waals surface area (Å²) in [6.07, 6.45) is 7.04. The molecule has 0 aromatic carbocycles. The van der Waals surface area contributed by atoms with Crippen LogP contribution in [-0.4, -0.2) is 44.2 Å². The van der Waals surface area contributed by atoms with Gasteiger partial charge in [0.2, 0.25) is 6.29 Å². The third kappa shape index (κ3) is 6.88. The maximum absolute atomic E-state index is 12.4. The molecule has 0 aromatic rings. The summed E-state index contributed by atoms with van der Waals surface area (Å²) in [4.78, 5) is 12.4. The number of nitrogens with one attached hydrogen (secondary N) is 2. The predicted octanol–water partition coefficient (Wildman–Crippen LogP) is 4.35. The Balaban J connectivity index is 1.46. The van der Waals surface area contributed by atoms with E-state index in [1.54, 1.807) is 0 Å². The third-order valence-corrected chi connectivity index (χ3v) is 6.64. The van der Waals surface area contributed by atoms with Crippen molar-refractivity contribution < 1.29 is 19.0 Å². The molecule has 3 atom stereocenters. The summed E-state index contributed by atoms with van der Waals surface area (Å²) in [5.74, 6) is 1.45. The van der Waals surface area contributed by atoms with E-state index in [9.17, 15) is 4.79 Å². The number of rotatable bonds is 6. The fourth-order valence-electron chi connectivity index (χ4n) is 5.54. The van der Waals surface area contributed by atoms with Gasteiger partial charge in [-0.25, -0.2) is 4.79 Å². The molecule has 0 bridgehead atoms. The molecule has 2 N–H and O–H groups in total. The van der Waals surface area contributed by atoms with Crippen LogP contribution < -0.4 is 10.6 Å². The minimum Gasteiger partial charge on any atom is -0.466 e. The van der Waals surface area contributed by atoms with Gasteiger partial charge in [-0.2, -0.15) is 0 Å². The molecular weight excluding hydrogens is 368 g/mol. The van der Waals surface area contributed by atoms with Crippen LogP contribution >= 0.6 is 0 Å². The topological polar surface area (TPSA) is 68.8 Å². The van der Waals surface area contributed by atoms with Gasteiger partial charge < -0.3 is 24.8 Å². The summed E-state index contributed by atoms with van der Waals surface area (Å²) in [6.45, 7) is 14.7. The average Bonchev–Trinajstić information content (AvgIpc) is 3.04. The van der Waals surface area contributed by atoms with Gasteiger partial charge in [-0.15, -0.1) is 0 Å². The van der Waals surface area contributed by atoms with Crippen LogP contribution in [0.15, 0.2) is 12.3 Å². The van der Waals surface area contributed by atoms with Crippen LogP contribution in [0.4, 0.5) is 4.79 Å². The number of hydrogen-bond acceptors (Lipinski definition) is 5. The second kappa shape index (κ2) is 9.25. The molecule has 1 aliphatic heterocycles. The van der Waals surface area contributed by atoms with Crippen molar-refractivity contribution in [1.29, 1.82) is 0 Å². The Morgan fingerprint density at radius 2 is 1.93 bits per heavy atom. The first-order chi connectivity index (χ1) is 13.6. The number of carbonyl (C=O) groups excluding carboxylic acids is 1. The van der Waals surface area contributed by atoms with Gasteiger partial charge in [0.25, 0.3) is 0 Å². The van der Waals surface area contributed by atoms with E-state index in [1.165, 1.54) is 0 Å². The summed E-state index contributed by atoms with van der Waals surface area (Å²) < 4.78 is 16.8. The summed E-state index contributed by atoms with van der Waals surface area (Å²) in [5.41, 5.74) is 0.233. The molecular formula is C23H40N2O4. The summed E-state index contributed by atoms with van der Waals surface area (Å²) in [6, 6.07) is 0.363. The summed E-state index contributed by atoms with van der Waals surface area (Å²) in [7, 11) is 0.